The Morgan fingerprint density at radius 3 is 2.21 bits per heavy atom. The number of anilines is 1. The third kappa shape index (κ3) is 4.41. The minimum atomic E-state index is -1.14. The smallest absolute Gasteiger partial charge is 0.185 e. The number of hydrogen-bond acceptors (Lipinski definition) is 4. The summed E-state index contributed by atoms with van der Waals surface area (Å²) in [5, 5.41) is 11.4. The van der Waals surface area contributed by atoms with Gasteiger partial charge in [-0.05, 0) is 36.4 Å². The van der Waals surface area contributed by atoms with Crippen molar-refractivity contribution >= 4 is 46.3 Å². The van der Waals surface area contributed by atoms with Crippen LogP contribution in [0.25, 0.3) is 0 Å². The van der Waals surface area contributed by atoms with Crippen molar-refractivity contribution in [2.45, 2.75) is 12.1 Å². The van der Waals surface area contributed by atoms with Crippen molar-refractivity contribution in [1.82, 2.24) is 0 Å². The SMILES string of the molecule is CN(CC(O)C(N)C(=O)c1c(Cl)cccc1Cl)c1ccc(Cl)cc1. The number of carbonyl (C=O) groups is 1. The summed E-state index contributed by atoms with van der Waals surface area (Å²) in [5.74, 6) is -0.498. The van der Waals surface area contributed by atoms with Crippen LogP contribution in [0.3, 0.4) is 0 Å². The van der Waals surface area contributed by atoms with Crippen LogP contribution >= 0.6 is 34.8 Å². The Morgan fingerprint density at radius 1 is 1.12 bits per heavy atom. The van der Waals surface area contributed by atoms with Crippen molar-refractivity contribution in [3.8, 4) is 0 Å². The maximum absolute atomic E-state index is 12.5. The van der Waals surface area contributed by atoms with E-state index in [1.165, 1.54) is 0 Å². The fourth-order valence-corrected chi connectivity index (χ4v) is 2.98. The van der Waals surface area contributed by atoms with Gasteiger partial charge in [-0.3, -0.25) is 4.79 Å². The molecule has 24 heavy (non-hydrogen) atoms. The molecular weight excluding hydrogens is 371 g/mol. The Balaban J connectivity index is 2.10. The Kier molecular flexibility index (Phi) is 6.49. The van der Waals surface area contributed by atoms with Gasteiger partial charge in [0, 0.05) is 24.3 Å². The molecule has 0 aliphatic rings. The zero-order valence-corrected chi connectivity index (χ0v) is 15.2. The quantitative estimate of drug-likeness (QED) is 0.742. The third-order valence-electron chi connectivity index (χ3n) is 3.65. The number of hydrogen-bond donors (Lipinski definition) is 2. The van der Waals surface area contributed by atoms with Gasteiger partial charge in [-0.2, -0.15) is 0 Å². The molecule has 0 aliphatic heterocycles. The monoisotopic (exact) mass is 386 g/mol. The molecule has 0 bridgehead atoms. The fraction of sp³-hybridized carbons (Fsp3) is 0.235. The fourth-order valence-electron chi connectivity index (χ4n) is 2.27. The van der Waals surface area contributed by atoms with Crippen molar-refractivity contribution in [1.29, 1.82) is 0 Å². The molecule has 7 heteroatoms. The first-order valence-electron chi connectivity index (χ1n) is 7.20. The van der Waals surface area contributed by atoms with Gasteiger partial charge >= 0.3 is 0 Å². The Morgan fingerprint density at radius 2 is 1.67 bits per heavy atom. The summed E-state index contributed by atoms with van der Waals surface area (Å²) in [6, 6.07) is 10.7. The highest BCUT2D eigenvalue weighted by Gasteiger charge is 2.28. The molecule has 2 rings (SSSR count). The zero-order chi connectivity index (χ0) is 17.9. The minimum absolute atomic E-state index is 0.126. The van der Waals surface area contributed by atoms with E-state index in [1.54, 1.807) is 42.3 Å². The first-order valence-corrected chi connectivity index (χ1v) is 8.33. The second-order valence-electron chi connectivity index (χ2n) is 5.41. The van der Waals surface area contributed by atoms with Crippen molar-refractivity contribution in [3.63, 3.8) is 0 Å². The van der Waals surface area contributed by atoms with E-state index in [2.05, 4.69) is 0 Å². The number of nitrogens with zero attached hydrogens (tertiary/aromatic N) is 1. The molecule has 2 unspecified atom stereocenters. The van der Waals surface area contributed by atoms with Crippen LogP contribution in [0.2, 0.25) is 15.1 Å². The highest BCUT2D eigenvalue weighted by Crippen LogP contribution is 2.26. The maximum atomic E-state index is 12.5. The molecule has 4 nitrogen and oxygen atoms in total. The molecule has 0 saturated carbocycles. The number of aliphatic hydroxyl groups is 1. The lowest BCUT2D eigenvalue weighted by Gasteiger charge is -2.26. The molecule has 0 radical (unpaired) electrons. The number of nitrogens with two attached hydrogens (primary N) is 1. The van der Waals surface area contributed by atoms with Gasteiger partial charge in [0.05, 0.1) is 27.8 Å². The van der Waals surface area contributed by atoms with Crippen LogP contribution in [0, 0.1) is 0 Å². The summed E-state index contributed by atoms with van der Waals surface area (Å²) in [4.78, 5) is 14.3. The van der Waals surface area contributed by atoms with Gasteiger partial charge in [-0.1, -0.05) is 40.9 Å². The lowest BCUT2D eigenvalue weighted by molar-refractivity contribution is 0.0830. The first kappa shape index (κ1) is 19.0. The van der Waals surface area contributed by atoms with Crippen LogP contribution in [0.1, 0.15) is 10.4 Å². The molecule has 0 aliphatic carbocycles. The van der Waals surface area contributed by atoms with E-state index in [0.29, 0.717) is 5.02 Å². The van der Waals surface area contributed by atoms with Crippen molar-refractivity contribution < 1.29 is 9.90 Å². The number of Topliss-reactive ketones (excluding diaryl/α,β-unsaturated/α-hetero) is 1. The molecule has 2 aromatic rings. The minimum Gasteiger partial charge on any atom is -0.389 e. The third-order valence-corrected chi connectivity index (χ3v) is 4.54. The van der Waals surface area contributed by atoms with Crippen LogP contribution < -0.4 is 10.6 Å². The van der Waals surface area contributed by atoms with Gasteiger partial charge in [-0.15, -0.1) is 0 Å². The second kappa shape index (κ2) is 8.19. The van der Waals surface area contributed by atoms with Crippen LogP contribution in [0.15, 0.2) is 42.5 Å². The number of likely N-dealkylation sites (N-methyl/N-ethyl adjacent to an activating group) is 1. The molecule has 3 N–H and O–H groups in total. The molecule has 0 aromatic heterocycles. The molecule has 0 spiro atoms. The van der Waals surface area contributed by atoms with Crippen LogP contribution in [0.5, 0.6) is 0 Å². The normalized spacial score (nSPS) is 13.4. The molecule has 2 aromatic carbocycles. The number of carbonyl (C=O) groups excluding carboxylic acids is 1. The van der Waals surface area contributed by atoms with E-state index in [1.807, 2.05) is 12.1 Å². The number of aliphatic hydroxyl groups excluding tert-OH is 1. The standard InChI is InChI=1S/C17H17Cl3N2O2/c1-22(11-7-5-10(18)6-8-11)9-14(23)16(21)17(24)15-12(19)3-2-4-13(15)20/h2-8,14,16,23H,9,21H2,1H3. The van der Waals surface area contributed by atoms with E-state index < -0.39 is 17.9 Å². The Labute approximate surface area is 155 Å². The van der Waals surface area contributed by atoms with Crippen molar-refractivity contribution in [2.75, 3.05) is 18.5 Å². The summed E-state index contributed by atoms with van der Waals surface area (Å²) in [6.45, 7) is 0.163. The van der Waals surface area contributed by atoms with Gasteiger partial charge in [-0.25, -0.2) is 0 Å². The number of ketones is 1. The average Bonchev–Trinajstić information content (AvgIpc) is 2.54. The van der Waals surface area contributed by atoms with E-state index in [9.17, 15) is 9.90 Å². The van der Waals surface area contributed by atoms with E-state index in [0.717, 1.165) is 5.69 Å². The topological polar surface area (TPSA) is 66.6 Å². The van der Waals surface area contributed by atoms with E-state index in [-0.39, 0.29) is 22.2 Å². The molecular formula is C17H17Cl3N2O2. The van der Waals surface area contributed by atoms with Crippen LogP contribution in [0.4, 0.5) is 5.69 Å². The van der Waals surface area contributed by atoms with Gasteiger partial charge in [0.25, 0.3) is 0 Å². The highest BCUT2D eigenvalue weighted by molar-refractivity contribution is 6.40. The lowest BCUT2D eigenvalue weighted by atomic mass is 10.00. The largest absolute Gasteiger partial charge is 0.389 e. The Hall–Kier alpha value is -1.30. The number of benzene rings is 2. The maximum Gasteiger partial charge on any atom is 0.185 e. The second-order valence-corrected chi connectivity index (χ2v) is 6.66. The summed E-state index contributed by atoms with van der Waals surface area (Å²) in [7, 11) is 1.78. The molecule has 0 fully saturated rings. The molecule has 128 valence electrons. The van der Waals surface area contributed by atoms with Crippen LogP contribution in [-0.2, 0) is 0 Å². The van der Waals surface area contributed by atoms with E-state index in [4.69, 9.17) is 40.5 Å². The highest BCUT2D eigenvalue weighted by atomic mass is 35.5. The summed E-state index contributed by atoms with van der Waals surface area (Å²) in [6.07, 6.45) is -1.09. The van der Waals surface area contributed by atoms with Crippen molar-refractivity contribution in [3.05, 3.63) is 63.1 Å². The van der Waals surface area contributed by atoms with Gasteiger partial charge < -0.3 is 15.7 Å². The van der Waals surface area contributed by atoms with Gasteiger partial charge in [0.15, 0.2) is 5.78 Å². The molecule has 2 atom stereocenters. The van der Waals surface area contributed by atoms with Gasteiger partial charge in [0.2, 0.25) is 0 Å². The number of halogens is 3. The lowest BCUT2D eigenvalue weighted by Crippen LogP contribution is -2.47. The molecule has 0 amide bonds. The van der Waals surface area contributed by atoms with Crippen molar-refractivity contribution in [2.24, 2.45) is 5.73 Å². The molecule has 0 saturated heterocycles. The predicted octanol–water partition coefficient (Wildman–Crippen LogP) is 3.65. The summed E-state index contributed by atoms with van der Waals surface area (Å²) in [5.41, 5.74) is 6.88. The van der Waals surface area contributed by atoms with Crippen LogP contribution in [-0.4, -0.2) is 36.6 Å². The summed E-state index contributed by atoms with van der Waals surface area (Å²) < 4.78 is 0. The van der Waals surface area contributed by atoms with E-state index >= 15 is 0 Å². The summed E-state index contributed by atoms with van der Waals surface area (Å²) >= 11 is 17.9. The first-order chi connectivity index (χ1) is 11.3. The zero-order valence-electron chi connectivity index (χ0n) is 12.9. The number of rotatable bonds is 6. The van der Waals surface area contributed by atoms with Gasteiger partial charge in [0.1, 0.15) is 0 Å². The Bertz CT molecular complexity index is 702. The predicted molar refractivity (Wildman–Crippen MR) is 99.5 cm³/mol. The molecule has 0 heterocycles. The average molecular weight is 388 g/mol.